The van der Waals surface area contributed by atoms with Crippen LogP contribution in [0.15, 0.2) is 40.8 Å². The number of hydrogen-bond acceptors (Lipinski definition) is 6. The van der Waals surface area contributed by atoms with E-state index in [0.717, 1.165) is 27.0 Å². The molecular weight excluding hydrogens is 358 g/mol. The molecule has 5 rings (SSSR count). The minimum Gasteiger partial charge on any atom is -0.374 e. The van der Waals surface area contributed by atoms with Crippen LogP contribution in [0, 0.1) is 13.8 Å². The summed E-state index contributed by atoms with van der Waals surface area (Å²) in [7, 11) is 0. The zero-order valence-corrected chi connectivity index (χ0v) is 15.3. The predicted octanol–water partition coefficient (Wildman–Crippen LogP) is 4.42. The minimum absolute atomic E-state index is 0. The lowest BCUT2D eigenvalue weighted by Gasteiger charge is -2.30. The van der Waals surface area contributed by atoms with Crippen LogP contribution in [0.5, 0.6) is 0 Å². The summed E-state index contributed by atoms with van der Waals surface area (Å²) in [6, 6.07) is 9.75. The van der Waals surface area contributed by atoms with Gasteiger partial charge in [0.25, 0.3) is 0 Å². The highest BCUT2D eigenvalue weighted by Gasteiger charge is 2.52. The summed E-state index contributed by atoms with van der Waals surface area (Å²) < 4.78 is 1.08. The highest BCUT2D eigenvalue weighted by molar-refractivity contribution is 7.16. The number of thiazole rings is 1. The number of amidine groups is 1. The van der Waals surface area contributed by atoms with Crippen LogP contribution in [-0.2, 0) is 0 Å². The number of fused-ring (bicyclic) bond motifs is 3. The SMILES string of the molecule is C.Cc1cc2c(cc1C)C(=O)[C@]1(O)CCN(c3ccc4ncsc4c3)C1=N2. The number of hydrogen-bond donors (Lipinski definition) is 1. The van der Waals surface area contributed by atoms with Gasteiger partial charge in [0, 0.05) is 24.2 Å². The second-order valence-corrected chi connectivity index (χ2v) is 7.87. The van der Waals surface area contributed by atoms with Crippen molar-refractivity contribution in [1.29, 1.82) is 0 Å². The number of aliphatic hydroxyl groups is 1. The van der Waals surface area contributed by atoms with E-state index in [9.17, 15) is 9.90 Å². The summed E-state index contributed by atoms with van der Waals surface area (Å²) in [6.07, 6.45) is 0.345. The molecule has 0 spiro atoms. The van der Waals surface area contributed by atoms with Crippen molar-refractivity contribution >= 4 is 44.5 Å². The number of aryl methyl sites for hydroxylation is 2. The molecule has 2 aliphatic rings. The van der Waals surface area contributed by atoms with Gasteiger partial charge in [-0.25, -0.2) is 9.98 Å². The summed E-state index contributed by atoms with van der Waals surface area (Å²) in [5.74, 6) is 0.184. The van der Waals surface area contributed by atoms with Crippen molar-refractivity contribution in [2.45, 2.75) is 33.3 Å². The van der Waals surface area contributed by atoms with Crippen molar-refractivity contribution < 1.29 is 9.90 Å². The van der Waals surface area contributed by atoms with Crippen molar-refractivity contribution in [3.8, 4) is 0 Å². The van der Waals surface area contributed by atoms with Crippen molar-refractivity contribution in [3.63, 3.8) is 0 Å². The predicted molar refractivity (Wildman–Crippen MR) is 111 cm³/mol. The van der Waals surface area contributed by atoms with E-state index in [4.69, 9.17) is 4.99 Å². The maximum atomic E-state index is 13.1. The molecule has 1 aromatic heterocycles. The van der Waals surface area contributed by atoms with Gasteiger partial charge in [-0.3, -0.25) is 4.79 Å². The van der Waals surface area contributed by atoms with Crippen LogP contribution in [0.2, 0.25) is 0 Å². The lowest BCUT2D eigenvalue weighted by atomic mass is 9.86. The molecule has 3 heterocycles. The molecule has 0 radical (unpaired) electrons. The number of rotatable bonds is 1. The van der Waals surface area contributed by atoms with Gasteiger partial charge in [-0.1, -0.05) is 7.43 Å². The van der Waals surface area contributed by atoms with Gasteiger partial charge in [0.2, 0.25) is 5.78 Å². The summed E-state index contributed by atoms with van der Waals surface area (Å²) in [6.45, 7) is 4.53. The van der Waals surface area contributed by atoms with Crippen LogP contribution < -0.4 is 4.90 Å². The molecule has 0 amide bonds. The van der Waals surface area contributed by atoms with Crippen LogP contribution in [0.25, 0.3) is 10.2 Å². The first-order valence-electron chi connectivity index (χ1n) is 8.56. The van der Waals surface area contributed by atoms with Gasteiger partial charge in [0.05, 0.1) is 21.4 Å². The highest BCUT2D eigenvalue weighted by Crippen LogP contribution is 2.40. The number of carbonyl (C=O) groups is 1. The Morgan fingerprint density at radius 2 is 1.96 bits per heavy atom. The van der Waals surface area contributed by atoms with Crippen molar-refractivity contribution in [1.82, 2.24) is 4.98 Å². The molecule has 1 atom stereocenters. The fourth-order valence-electron chi connectivity index (χ4n) is 3.76. The van der Waals surface area contributed by atoms with Gasteiger partial charge in [-0.05, 0) is 55.3 Å². The molecule has 2 aromatic carbocycles. The molecule has 3 aromatic rings. The highest BCUT2D eigenvalue weighted by atomic mass is 32.1. The van der Waals surface area contributed by atoms with Gasteiger partial charge >= 0.3 is 0 Å². The van der Waals surface area contributed by atoms with Gasteiger partial charge in [0.1, 0.15) is 5.84 Å². The Kier molecular flexibility index (Phi) is 3.94. The van der Waals surface area contributed by atoms with Crippen LogP contribution in [0.4, 0.5) is 11.4 Å². The molecule has 138 valence electrons. The average molecular weight is 379 g/mol. The van der Waals surface area contributed by atoms with E-state index in [2.05, 4.69) is 4.98 Å². The summed E-state index contributed by atoms with van der Waals surface area (Å²) in [5.41, 5.74) is 5.42. The largest absolute Gasteiger partial charge is 0.374 e. The standard InChI is InChI=1S/C20H17N3O2S.CH4/c1-11-7-14-16(8-12(11)2)22-19-20(25,18(14)24)5-6-23(19)13-3-4-15-17(9-13)26-10-21-15;/h3-4,7-10,25H,5-6H2,1-2H3;1H4/t20-;/m1./s1. The van der Waals surface area contributed by atoms with Gasteiger partial charge in [-0.2, -0.15) is 0 Å². The van der Waals surface area contributed by atoms with E-state index >= 15 is 0 Å². The third kappa shape index (κ3) is 2.44. The van der Waals surface area contributed by atoms with Crippen LogP contribution in [0.3, 0.4) is 0 Å². The number of ketones is 1. The second kappa shape index (κ2) is 5.97. The molecular formula is C21H21N3O2S. The third-order valence-electron chi connectivity index (χ3n) is 5.41. The fraction of sp³-hybridized carbons (Fsp3) is 0.286. The summed E-state index contributed by atoms with van der Waals surface area (Å²) in [5, 5.41) is 11.2. The number of aromatic nitrogens is 1. The molecule has 0 aliphatic carbocycles. The number of carbonyl (C=O) groups excluding carboxylic acids is 1. The molecule has 0 saturated carbocycles. The maximum absolute atomic E-state index is 13.1. The fourth-order valence-corrected chi connectivity index (χ4v) is 4.47. The van der Waals surface area contributed by atoms with Crippen LogP contribution >= 0.6 is 11.3 Å². The number of anilines is 1. The smallest absolute Gasteiger partial charge is 0.204 e. The zero-order chi connectivity index (χ0) is 18.1. The first-order valence-corrected chi connectivity index (χ1v) is 9.44. The normalized spacial score (nSPS) is 20.9. The molecule has 27 heavy (non-hydrogen) atoms. The summed E-state index contributed by atoms with van der Waals surface area (Å²) in [4.78, 5) is 24.0. The lowest BCUT2D eigenvalue weighted by molar-refractivity contribution is 0.0602. The van der Waals surface area contributed by atoms with Crippen LogP contribution in [0.1, 0.15) is 35.3 Å². The Bertz CT molecular complexity index is 1120. The molecule has 0 unspecified atom stereocenters. The van der Waals surface area contributed by atoms with E-state index < -0.39 is 5.60 Å². The van der Waals surface area contributed by atoms with E-state index in [1.807, 2.05) is 54.6 Å². The second-order valence-electron chi connectivity index (χ2n) is 6.98. The third-order valence-corrected chi connectivity index (χ3v) is 6.20. The first kappa shape index (κ1) is 17.8. The molecule has 6 heteroatoms. The van der Waals surface area contributed by atoms with E-state index in [1.54, 1.807) is 11.3 Å². The van der Waals surface area contributed by atoms with E-state index in [1.165, 1.54) is 0 Å². The molecule has 1 N–H and O–H groups in total. The van der Waals surface area contributed by atoms with Gasteiger partial charge in [0.15, 0.2) is 5.60 Å². The van der Waals surface area contributed by atoms with Crippen molar-refractivity contribution in [2.75, 3.05) is 11.4 Å². The number of benzene rings is 2. The molecule has 0 bridgehead atoms. The zero-order valence-electron chi connectivity index (χ0n) is 14.5. The molecule has 5 nitrogen and oxygen atoms in total. The molecule has 1 saturated heterocycles. The van der Waals surface area contributed by atoms with E-state index in [0.29, 0.717) is 30.1 Å². The topological polar surface area (TPSA) is 65.8 Å². The number of Topliss-reactive ketones (excluding diaryl/α,β-unsaturated/α-hetero) is 1. The Morgan fingerprint density at radius 1 is 1.19 bits per heavy atom. The minimum atomic E-state index is -1.54. The maximum Gasteiger partial charge on any atom is 0.204 e. The number of aliphatic imine (C=N–C) groups is 1. The van der Waals surface area contributed by atoms with Gasteiger partial charge < -0.3 is 10.0 Å². The van der Waals surface area contributed by atoms with Crippen molar-refractivity contribution in [2.24, 2.45) is 4.99 Å². The lowest BCUT2D eigenvalue weighted by Crippen LogP contribution is -2.48. The molecule has 2 aliphatic heterocycles. The Morgan fingerprint density at radius 3 is 2.78 bits per heavy atom. The Hall–Kier alpha value is -2.57. The van der Waals surface area contributed by atoms with Crippen LogP contribution in [-0.4, -0.2) is 33.9 Å². The Labute approximate surface area is 162 Å². The quantitative estimate of drug-likeness (QED) is 0.680. The summed E-state index contributed by atoms with van der Waals surface area (Å²) >= 11 is 1.57. The van der Waals surface area contributed by atoms with Crippen molar-refractivity contribution in [3.05, 3.63) is 52.5 Å². The number of nitrogens with zero attached hydrogens (tertiary/aromatic N) is 3. The average Bonchev–Trinajstić information content (AvgIpc) is 3.22. The monoisotopic (exact) mass is 379 g/mol. The first-order chi connectivity index (χ1) is 12.5. The Balaban J connectivity index is 0.00000180. The van der Waals surface area contributed by atoms with Gasteiger partial charge in [-0.15, -0.1) is 11.3 Å². The van der Waals surface area contributed by atoms with E-state index in [-0.39, 0.29) is 13.2 Å². The molecule has 1 fully saturated rings.